The van der Waals surface area contributed by atoms with Crippen LogP contribution in [0, 0.1) is 0 Å². The number of rotatable bonds is 9. The first-order valence-corrected chi connectivity index (χ1v) is 9.84. The van der Waals surface area contributed by atoms with Gasteiger partial charge in [0.1, 0.15) is 12.4 Å². The van der Waals surface area contributed by atoms with Gasteiger partial charge in [0.2, 0.25) is 5.91 Å². The third kappa shape index (κ3) is 5.11. The molecule has 8 heteroatoms. The van der Waals surface area contributed by atoms with E-state index in [4.69, 9.17) is 9.47 Å². The van der Waals surface area contributed by atoms with E-state index in [1.54, 1.807) is 13.2 Å². The second-order valence-corrected chi connectivity index (χ2v) is 6.74. The van der Waals surface area contributed by atoms with E-state index in [1.807, 2.05) is 60.0 Å². The summed E-state index contributed by atoms with van der Waals surface area (Å²) in [4.78, 5) is 12.4. The number of hydrogen-bond acceptors (Lipinski definition) is 6. The minimum Gasteiger partial charge on any atom is -0.494 e. The van der Waals surface area contributed by atoms with Crippen molar-refractivity contribution in [2.45, 2.75) is 18.7 Å². The summed E-state index contributed by atoms with van der Waals surface area (Å²) in [5.74, 6) is 1.48. The lowest BCUT2D eigenvalue weighted by molar-refractivity contribution is -0.113. The van der Waals surface area contributed by atoms with Crippen LogP contribution in [-0.2, 0) is 16.1 Å². The molecule has 2 aromatic carbocycles. The molecule has 0 saturated heterocycles. The lowest BCUT2D eigenvalue weighted by Gasteiger charge is -2.10. The van der Waals surface area contributed by atoms with E-state index in [1.165, 1.54) is 11.8 Å². The quantitative estimate of drug-likeness (QED) is 0.556. The van der Waals surface area contributed by atoms with Crippen LogP contribution in [-0.4, -0.2) is 40.1 Å². The molecule has 0 fully saturated rings. The van der Waals surface area contributed by atoms with Crippen molar-refractivity contribution in [3.63, 3.8) is 0 Å². The van der Waals surface area contributed by atoms with E-state index < -0.39 is 0 Å². The van der Waals surface area contributed by atoms with Crippen LogP contribution in [0.15, 0.2) is 59.8 Å². The summed E-state index contributed by atoms with van der Waals surface area (Å²) in [6.45, 7) is 2.83. The summed E-state index contributed by atoms with van der Waals surface area (Å²) in [6, 6.07) is 17.1. The summed E-state index contributed by atoms with van der Waals surface area (Å²) in [7, 11) is 1.61. The summed E-state index contributed by atoms with van der Waals surface area (Å²) < 4.78 is 12.6. The summed E-state index contributed by atoms with van der Waals surface area (Å²) >= 11 is 1.32. The Hall–Kier alpha value is -2.84. The summed E-state index contributed by atoms with van der Waals surface area (Å²) in [6.07, 6.45) is 0. The molecule has 1 amide bonds. The van der Waals surface area contributed by atoms with Crippen LogP contribution in [0.5, 0.6) is 5.75 Å². The zero-order chi connectivity index (χ0) is 19.8. The molecule has 0 unspecified atom stereocenters. The van der Waals surface area contributed by atoms with Gasteiger partial charge in [0.15, 0.2) is 11.0 Å². The molecule has 0 bridgehead atoms. The van der Waals surface area contributed by atoms with E-state index in [0.717, 1.165) is 11.4 Å². The highest BCUT2D eigenvalue weighted by Gasteiger charge is 2.15. The number of ether oxygens (including phenoxy) is 2. The van der Waals surface area contributed by atoms with E-state index in [9.17, 15) is 4.79 Å². The predicted molar refractivity (Wildman–Crippen MR) is 109 cm³/mol. The normalized spacial score (nSPS) is 10.6. The van der Waals surface area contributed by atoms with Gasteiger partial charge in [0.25, 0.3) is 0 Å². The average molecular weight is 398 g/mol. The SMILES string of the molecule is CCOc1cccc(NC(=O)CSc2nnc(COC)n2-c2ccccc2)c1. The molecular formula is C20H22N4O3S. The van der Waals surface area contributed by atoms with Crippen molar-refractivity contribution in [1.82, 2.24) is 14.8 Å². The van der Waals surface area contributed by atoms with E-state index >= 15 is 0 Å². The molecule has 0 radical (unpaired) electrons. The number of carbonyl (C=O) groups is 1. The van der Waals surface area contributed by atoms with E-state index in [2.05, 4.69) is 15.5 Å². The second-order valence-electron chi connectivity index (χ2n) is 5.80. The molecule has 0 spiro atoms. The third-order valence-electron chi connectivity index (χ3n) is 3.75. The van der Waals surface area contributed by atoms with Crippen LogP contribution in [0.3, 0.4) is 0 Å². The maximum Gasteiger partial charge on any atom is 0.234 e. The highest BCUT2D eigenvalue weighted by Crippen LogP contribution is 2.23. The fourth-order valence-corrected chi connectivity index (χ4v) is 3.38. The topological polar surface area (TPSA) is 78.3 Å². The van der Waals surface area contributed by atoms with Gasteiger partial charge in [0.05, 0.1) is 12.4 Å². The number of nitrogens with one attached hydrogen (secondary N) is 1. The van der Waals surface area contributed by atoms with Crippen LogP contribution < -0.4 is 10.1 Å². The Morgan fingerprint density at radius 1 is 1.14 bits per heavy atom. The van der Waals surface area contributed by atoms with Gasteiger partial charge in [-0.25, -0.2) is 0 Å². The first-order chi connectivity index (χ1) is 13.7. The molecule has 7 nitrogen and oxygen atoms in total. The molecule has 0 atom stereocenters. The molecular weight excluding hydrogens is 376 g/mol. The highest BCUT2D eigenvalue weighted by molar-refractivity contribution is 7.99. The lowest BCUT2D eigenvalue weighted by Crippen LogP contribution is -2.14. The Balaban J connectivity index is 1.69. The van der Waals surface area contributed by atoms with Crippen molar-refractivity contribution in [3.8, 4) is 11.4 Å². The van der Waals surface area contributed by atoms with Crippen molar-refractivity contribution in [3.05, 3.63) is 60.4 Å². The van der Waals surface area contributed by atoms with Crippen LogP contribution in [0.1, 0.15) is 12.7 Å². The first-order valence-electron chi connectivity index (χ1n) is 8.85. The minimum atomic E-state index is -0.130. The minimum absolute atomic E-state index is 0.130. The average Bonchev–Trinajstić information content (AvgIpc) is 3.10. The van der Waals surface area contributed by atoms with Crippen LogP contribution >= 0.6 is 11.8 Å². The maximum absolute atomic E-state index is 12.4. The van der Waals surface area contributed by atoms with Gasteiger partial charge in [-0.3, -0.25) is 9.36 Å². The molecule has 3 aromatic rings. The van der Waals surface area contributed by atoms with Gasteiger partial charge in [-0.2, -0.15) is 0 Å². The number of benzene rings is 2. The van der Waals surface area contributed by atoms with Crippen LogP contribution in [0.2, 0.25) is 0 Å². The third-order valence-corrected chi connectivity index (χ3v) is 4.68. The predicted octanol–water partition coefficient (Wildman–Crippen LogP) is 3.54. The Kier molecular flexibility index (Phi) is 7.05. The van der Waals surface area contributed by atoms with Crippen molar-refractivity contribution in [2.75, 3.05) is 24.8 Å². The van der Waals surface area contributed by atoms with Crippen molar-refractivity contribution in [1.29, 1.82) is 0 Å². The Bertz CT molecular complexity index is 915. The van der Waals surface area contributed by atoms with Gasteiger partial charge in [-0.1, -0.05) is 36.0 Å². The number of para-hydroxylation sites is 1. The number of aromatic nitrogens is 3. The first kappa shape index (κ1) is 19.9. The maximum atomic E-state index is 12.4. The number of carbonyl (C=O) groups excluding carboxylic acids is 1. The molecule has 0 saturated carbocycles. The van der Waals surface area contributed by atoms with Crippen LogP contribution in [0.25, 0.3) is 5.69 Å². The standard InChI is InChI=1S/C20H22N4O3S/c1-3-27-17-11-7-8-15(12-17)21-19(25)14-28-20-23-22-18(13-26-2)24(20)16-9-5-4-6-10-16/h4-12H,3,13-14H2,1-2H3,(H,21,25). The van der Waals surface area contributed by atoms with Gasteiger partial charge in [0, 0.05) is 24.6 Å². The lowest BCUT2D eigenvalue weighted by atomic mass is 10.3. The van der Waals surface area contributed by atoms with Crippen LogP contribution in [0.4, 0.5) is 5.69 Å². The fourth-order valence-electron chi connectivity index (χ4n) is 2.61. The molecule has 0 aliphatic heterocycles. The monoisotopic (exact) mass is 398 g/mol. The summed E-state index contributed by atoms with van der Waals surface area (Å²) in [5, 5.41) is 11.9. The number of methoxy groups -OCH3 is 1. The number of anilines is 1. The summed E-state index contributed by atoms with van der Waals surface area (Å²) in [5.41, 5.74) is 1.62. The Morgan fingerprint density at radius 2 is 1.96 bits per heavy atom. The molecule has 146 valence electrons. The molecule has 1 aromatic heterocycles. The molecule has 3 rings (SSSR count). The Morgan fingerprint density at radius 3 is 2.71 bits per heavy atom. The van der Waals surface area contributed by atoms with Gasteiger partial charge < -0.3 is 14.8 Å². The second kappa shape index (κ2) is 9.91. The van der Waals surface area contributed by atoms with Gasteiger partial charge >= 0.3 is 0 Å². The Labute approximate surface area is 168 Å². The fraction of sp³-hybridized carbons (Fsp3) is 0.250. The zero-order valence-electron chi connectivity index (χ0n) is 15.8. The van der Waals surface area contributed by atoms with E-state index in [-0.39, 0.29) is 11.7 Å². The smallest absolute Gasteiger partial charge is 0.234 e. The van der Waals surface area contributed by atoms with E-state index in [0.29, 0.717) is 29.9 Å². The van der Waals surface area contributed by atoms with Gasteiger partial charge in [-0.15, -0.1) is 10.2 Å². The number of thioether (sulfide) groups is 1. The molecule has 0 aliphatic rings. The molecule has 28 heavy (non-hydrogen) atoms. The molecule has 0 aliphatic carbocycles. The van der Waals surface area contributed by atoms with Gasteiger partial charge in [-0.05, 0) is 31.2 Å². The van der Waals surface area contributed by atoms with Crippen molar-refractivity contribution in [2.24, 2.45) is 0 Å². The number of nitrogens with zero attached hydrogens (tertiary/aromatic N) is 3. The van der Waals surface area contributed by atoms with Crippen molar-refractivity contribution < 1.29 is 14.3 Å². The number of hydrogen-bond donors (Lipinski definition) is 1. The zero-order valence-corrected chi connectivity index (χ0v) is 16.6. The molecule has 1 N–H and O–H groups in total. The van der Waals surface area contributed by atoms with Crippen molar-refractivity contribution >= 4 is 23.4 Å². The molecule has 1 heterocycles. The highest BCUT2D eigenvalue weighted by atomic mass is 32.2. The largest absolute Gasteiger partial charge is 0.494 e. The number of amides is 1.